The summed E-state index contributed by atoms with van der Waals surface area (Å²) in [5.41, 5.74) is 5.00. The van der Waals surface area contributed by atoms with Crippen molar-refractivity contribution in [1.29, 1.82) is 0 Å². The molecule has 0 heterocycles. The number of hydrogen-bond acceptors (Lipinski definition) is 2. The van der Waals surface area contributed by atoms with Gasteiger partial charge in [0.25, 0.3) is 0 Å². The molecule has 0 aromatic rings. The molecule has 0 atom stereocenters. The first-order valence-corrected chi connectivity index (χ1v) is 3.10. The lowest BCUT2D eigenvalue weighted by Crippen LogP contribution is -2.01. The Bertz CT molecular complexity index is 232. The number of allylic oxidation sites excluding steroid dienone is 1. The predicted molar refractivity (Wildman–Crippen MR) is 46.9 cm³/mol. The van der Waals surface area contributed by atoms with E-state index < -0.39 is 0 Å². The van der Waals surface area contributed by atoms with Gasteiger partial charge in [0, 0.05) is 20.2 Å². The lowest BCUT2D eigenvalue weighted by molar-refractivity contribution is 0.597. The van der Waals surface area contributed by atoms with Crippen molar-refractivity contribution < 1.29 is 0 Å². The molecule has 56 valence electrons. The highest BCUT2D eigenvalue weighted by atomic mass is 15.0. The highest BCUT2D eigenvalue weighted by Gasteiger charge is 1.99. The highest BCUT2D eigenvalue weighted by molar-refractivity contribution is 5.43. The van der Waals surface area contributed by atoms with Crippen LogP contribution in [0.5, 0.6) is 0 Å². The third kappa shape index (κ3) is 4.81. The fourth-order valence-corrected chi connectivity index (χ4v) is 0.383. The Labute approximate surface area is 68.1 Å². The van der Waals surface area contributed by atoms with Crippen molar-refractivity contribution in [3.63, 3.8) is 0 Å². The summed E-state index contributed by atoms with van der Waals surface area (Å²) in [6.45, 7) is 3.54. The molecule has 11 heavy (non-hydrogen) atoms. The van der Waals surface area contributed by atoms with E-state index in [1.165, 1.54) is 0 Å². The largest absolute Gasteiger partial charge is 0.314 e. The second kappa shape index (κ2) is 5.14. The Hall–Kier alpha value is -1.67. The smallest absolute Gasteiger partial charge is 0.169 e. The average Bonchev–Trinajstić information content (AvgIpc) is 1.97. The molecule has 0 saturated carbocycles. The molecule has 0 aromatic carbocycles. The van der Waals surface area contributed by atoms with Crippen LogP contribution in [0.4, 0.5) is 0 Å². The first-order valence-electron chi connectivity index (χ1n) is 3.10. The van der Waals surface area contributed by atoms with Crippen molar-refractivity contribution in [3.8, 4) is 23.9 Å². The van der Waals surface area contributed by atoms with Gasteiger partial charge in [-0.25, -0.2) is 0 Å². The standard InChI is InChI=1S/C9H11N2/c1-4-9(5-7-10)6-8-11(2)3/h4H,1,10H2,2-3H3/q+1. The normalized spacial score (nSPS) is 6.36. The maximum atomic E-state index is 5.00. The van der Waals surface area contributed by atoms with Gasteiger partial charge in [-0.15, -0.1) is 0 Å². The van der Waals surface area contributed by atoms with Crippen molar-refractivity contribution in [2.45, 2.75) is 0 Å². The molecule has 0 saturated heterocycles. The molecule has 0 spiro atoms. The second-order valence-corrected chi connectivity index (χ2v) is 2.02. The van der Waals surface area contributed by atoms with Crippen molar-refractivity contribution in [3.05, 3.63) is 18.6 Å². The quantitative estimate of drug-likeness (QED) is 0.326. The highest BCUT2D eigenvalue weighted by Crippen LogP contribution is 1.94. The van der Waals surface area contributed by atoms with E-state index in [9.17, 15) is 0 Å². The Kier molecular flexibility index (Phi) is 4.36. The van der Waals surface area contributed by atoms with E-state index in [1.54, 1.807) is 11.0 Å². The Morgan fingerprint density at radius 1 is 1.45 bits per heavy atom. The molecule has 0 fully saturated rings. The van der Waals surface area contributed by atoms with Gasteiger partial charge in [0.2, 0.25) is 0 Å². The minimum atomic E-state index is 0.640. The molecule has 0 amide bonds. The van der Waals surface area contributed by atoms with Crippen LogP contribution in [0.3, 0.4) is 0 Å². The van der Waals surface area contributed by atoms with E-state index in [2.05, 4.69) is 30.5 Å². The van der Waals surface area contributed by atoms with Crippen LogP contribution in [0.15, 0.2) is 12.7 Å². The fourth-order valence-electron chi connectivity index (χ4n) is 0.383. The van der Waals surface area contributed by atoms with Crippen molar-refractivity contribution in [2.75, 3.05) is 14.1 Å². The van der Waals surface area contributed by atoms with Crippen LogP contribution in [0, 0.1) is 29.8 Å². The van der Waals surface area contributed by atoms with Gasteiger partial charge in [-0.05, 0) is 6.58 Å². The lowest BCUT2D eigenvalue weighted by Gasteiger charge is -1.92. The Morgan fingerprint density at radius 2 is 2.09 bits per heavy atom. The van der Waals surface area contributed by atoms with Crippen LogP contribution in [-0.2, 0) is 0 Å². The summed E-state index contributed by atoms with van der Waals surface area (Å²) in [6.07, 6.45) is 1.58. The first kappa shape index (κ1) is 9.33. The van der Waals surface area contributed by atoms with E-state index in [0.717, 1.165) is 0 Å². The van der Waals surface area contributed by atoms with Crippen LogP contribution in [0.25, 0.3) is 0 Å². The summed E-state index contributed by atoms with van der Waals surface area (Å²) in [7, 11) is 3.70. The van der Waals surface area contributed by atoms with Crippen molar-refractivity contribution >= 4 is 0 Å². The topological polar surface area (TPSA) is 29.3 Å². The van der Waals surface area contributed by atoms with Crippen LogP contribution in [0.1, 0.15) is 0 Å². The second-order valence-electron chi connectivity index (χ2n) is 2.02. The third-order valence-electron chi connectivity index (χ3n) is 0.825. The third-order valence-corrected chi connectivity index (χ3v) is 0.825. The Balaban J connectivity index is 4.18. The average molecular weight is 147 g/mol. The van der Waals surface area contributed by atoms with E-state index in [4.69, 9.17) is 5.73 Å². The monoisotopic (exact) mass is 147 g/mol. The van der Waals surface area contributed by atoms with E-state index >= 15 is 0 Å². The molecule has 0 aliphatic heterocycles. The maximum absolute atomic E-state index is 5.00. The van der Waals surface area contributed by atoms with E-state index in [1.807, 2.05) is 14.1 Å². The summed E-state index contributed by atoms with van der Waals surface area (Å²) < 4.78 is 0. The summed E-state index contributed by atoms with van der Waals surface area (Å²) >= 11 is 0. The summed E-state index contributed by atoms with van der Waals surface area (Å²) in [6, 6.07) is 5.06. The SMILES string of the molecule is C=C[C+](C#CN)C#CN(C)C. The van der Waals surface area contributed by atoms with Gasteiger partial charge in [-0.2, -0.15) is 0 Å². The zero-order valence-corrected chi connectivity index (χ0v) is 6.81. The number of rotatable bonds is 1. The molecular formula is C9H11N2+. The van der Waals surface area contributed by atoms with Crippen LogP contribution < -0.4 is 5.73 Å². The zero-order chi connectivity index (χ0) is 8.69. The van der Waals surface area contributed by atoms with Gasteiger partial charge in [0.15, 0.2) is 5.92 Å². The molecule has 2 heteroatoms. The van der Waals surface area contributed by atoms with Gasteiger partial charge < -0.3 is 5.73 Å². The minimum Gasteiger partial charge on any atom is -0.314 e. The van der Waals surface area contributed by atoms with Crippen LogP contribution >= 0.6 is 0 Å². The maximum Gasteiger partial charge on any atom is 0.169 e. The Morgan fingerprint density at radius 3 is 2.45 bits per heavy atom. The van der Waals surface area contributed by atoms with Crippen molar-refractivity contribution in [1.82, 2.24) is 4.90 Å². The number of nitrogens with two attached hydrogens (primary N) is 1. The molecule has 0 unspecified atom stereocenters. The lowest BCUT2D eigenvalue weighted by atomic mass is 10.2. The van der Waals surface area contributed by atoms with Gasteiger partial charge in [0.05, 0.1) is 11.8 Å². The van der Waals surface area contributed by atoms with Gasteiger partial charge in [-0.3, -0.25) is 4.90 Å². The van der Waals surface area contributed by atoms with Gasteiger partial charge in [0.1, 0.15) is 12.1 Å². The zero-order valence-electron chi connectivity index (χ0n) is 6.81. The van der Waals surface area contributed by atoms with Crippen LogP contribution in [-0.4, -0.2) is 19.0 Å². The van der Waals surface area contributed by atoms with Crippen molar-refractivity contribution in [2.24, 2.45) is 5.73 Å². The summed E-state index contributed by atoms with van der Waals surface area (Å²) in [5.74, 6) is 6.04. The van der Waals surface area contributed by atoms with E-state index in [-0.39, 0.29) is 0 Å². The summed E-state index contributed by atoms with van der Waals surface area (Å²) in [5, 5.41) is 0. The van der Waals surface area contributed by atoms with E-state index in [0.29, 0.717) is 5.92 Å². The van der Waals surface area contributed by atoms with Gasteiger partial charge in [-0.1, -0.05) is 0 Å². The molecule has 0 radical (unpaired) electrons. The van der Waals surface area contributed by atoms with Crippen LogP contribution in [0.2, 0.25) is 0 Å². The fraction of sp³-hybridized carbons (Fsp3) is 0.222. The molecule has 0 aliphatic rings. The molecule has 0 aliphatic carbocycles. The predicted octanol–water partition coefficient (Wildman–Crippen LogP) is 0.189. The molecule has 0 aromatic heterocycles. The first-order chi connectivity index (χ1) is 5.20. The number of nitrogens with zero attached hydrogens (tertiary/aromatic N) is 1. The minimum absolute atomic E-state index is 0.640. The molecular weight excluding hydrogens is 136 g/mol. The molecule has 2 nitrogen and oxygen atoms in total. The molecule has 0 rings (SSSR count). The molecule has 2 N–H and O–H groups in total. The molecule has 0 bridgehead atoms. The van der Waals surface area contributed by atoms with Gasteiger partial charge >= 0.3 is 0 Å². The summed E-state index contributed by atoms with van der Waals surface area (Å²) in [4.78, 5) is 1.74. The number of hydrogen-bond donors (Lipinski definition) is 1.